The number of phenolic OH excluding ortho intramolecular Hbond substituents is 1. The van der Waals surface area contributed by atoms with Crippen LogP contribution in [0.25, 0.3) is 0 Å². The highest BCUT2D eigenvalue weighted by Gasteiger charge is 2.17. The summed E-state index contributed by atoms with van der Waals surface area (Å²) >= 11 is 0. The number of benzene rings is 1. The average molecular weight is 204 g/mol. The number of hydrogen-bond acceptors (Lipinski definition) is 2. The van der Waals surface area contributed by atoms with E-state index in [1.54, 1.807) is 24.3 Å². The first-order valence-electron chi connectivity index (χ1n) is 5.15. The van der Waals surface area contributed by atoms with Crippen LogP contribution in [0.5, 0.6) is 5.75 Å². The molecule has 0 aliphatic carbocycles. The molecule has 2 heteroatoms. The van der Waals surface area contributed by atoms with Gasteiger partial charge in [0.15, 0.2) is 0 Å². The number of para-hydroxylation sites is 1. The molecular weight excluding hydrogens is 188 g/mol. The average Bonchev–Trinajstić information content (AvgIpc) is 2.28. The van der Waals surface area contributed by atoms with Crippen molar-refractivity contribution in [3.05, 3.63) is 29.8 Å². The Labute approximate surface area is 90.6 Å². The number of hydrogen-bond donors (Lipinski definition) is 2. The van der Waals surface area contributed by atoms with Crippen molar-refractivity contribution in [2.24, 2.45) is 0 Å². The normalized spacial score (nSPS) is 10.6. The molecule has 2 N–H and O–H groups in total. The maximum absolute atomic E-state index is 9.93. The number of aromatic hydroxyl groups is 1. The van der Waals surface area contributed by atoms with E-state index in [9.17, 15) is 10.2 Å². The van der Waals surface area contributed by atoms with E-state index in [1.165, 1.54) is 0 Å². The third-order valence-electron chi connectivity index (χ3n) is 2.50. The van der Waals surface area contributed by atoms with Crippen LogP contribution in [-0.2, 0) is 0 Å². The summed E-state index contributed by atoms with van der Waals surface area (Å²) in [6.07, 6.45) is 1.17. The van der Waals surface area contributed by atoms with Crippen LogP contribution in [0.1, 0.15) is 32.3 Å². The smallest absolute Gasteiger partial charge is 0.131 e. The fourth-order valence-corrected chi connectivity index (χ4v) is 1.19. The molecule has 0 atom stereocenters. The van der Waals surface area contributed by atoms with Crippen LogP contribution >= 0.6 is 0 Å². The van der Waals surface area contributed by atoms with Crippen molar-refractivity contribution < 1.29 is 10.2 Å². The van der Waals surface area contributed by atoms with Crippen molar-refractivity contribution in [2.45, 2.75) is 32.3 Å². The third-order valence-corrected chi connectivity index (χ3v) is 2.50. The van der Waals surface area contributed by atoms with Gasteiger partial charge in [0, 0.05) is 0 Å². The molecule has 1 rings (SSSR count). The lowest BCUT2D eigenvalue weighted by molar-refractivity contribution is 0.0931. The molecule has 0 aromatic heterocycles. The van der Waals surface area contributed by atoms with Crippen LogP contribution in [0.4, 0.5) is 0 Å². The van der Waals surface area contributed by atoms with Gasteiger partial charge < -0.3 is 10.2 Å². The van der Waals surface area contributed by atoms with Gasteiger partial charge in [0.2, 0.25) is 0 Å². The topological polar surface area (TPSA) is 40.5 Å². The molecule has 15 heavy (non-hydrogen) atoms. The zero-order valence-electron chi connectivity index (χ0n) is 9.12. The highest BCUT2D eigenvalue weighted by atomic mass is 16.3. The van der Waals surface area contributed by atoms with E-state index >= 15 is 0 Å². The van der Waals surface area contributed by atoms with Gasteiger partial charge in [0.25, 0.3) is 0 Å². The maximum atomic E-state index is 9.93. The summed E-state index contributed by atoms with van der Waals surface area (Å²) in [5.41, 5.74) is -0.389. The number of rotatable bonds is 2. The Bertz CT molecular complexity index is 381. The van der Waals surface area contributed by atoms with Crippen LogP contribution in [0.15, 0.2) is 24.3 Å². The van der Waals surface area contributed by atoms with Gasteiger partial charge in [0.05, 0.1) is 5.56 Å². The summed E-state index contributed by atoms with van der Waals surface area (Å²) in [7, 11) is 0. The van der Waals surface area contributed by atoms with E-state index in [4.69, 9.17) is 0 Å². The zero-order valence-corrected chi connectivity index (χ0v) is 9.12. The largest absolute Gasteiger partial charge is 0.507 e. The Kier molecular flexibility index (Phi) is 3.76. The standard InChI is InChI=1S/C13H16O2/c1-3-13(15,4-2)10-9-11-7-5-6-8-12(11)14/h5-8,14-15H,3-4H2,1-2H3. The summed E-state index contributed by atoms with van der Waals surface area (Å²) in [5, 5.41) is 19.4. The molecule has 0 saturated carbocycles. The minimum absolute atomic E-state index is 0.152. The molecule has 2 nitrogen and oxygen atoms in total. The lowest BCUT2D eigenvalue weighted by atomic mass is 9.98. The van der Waals surface area contributed by atoms with E-state index < -0.39 is 5.60 Å². The first-order valence-corrected chi connectivity index (χ1v) is 5.15. The first-order chi connectivity index (χ1) is 7.11. The predicted molar refractivity (Wildman–Crippen MR) is 60.5 cm³/mol. The second-order valence-electron chi connectivity index (χ2n) is 3.51. The lowest BCUT2D eigenvalue weighted by Crippen LogP contribution is -2.23. The fraction of sp³-hybridized carbons (Fsp3) is 0.385. The van der Waals surface area contributed by atoms with E-state index in [-0.39, 0.29) is 5.75 Å². The van der Waals surface area contributed by atoms with Gasteiger partial charge in [-0.3, -0.25) is 0 Å². The van der Waals surface area contributed by atoms with E-state index in [2.05, 4.69) is 11.8 Å². The molecule has 80 valence electrons. The molecule has 0 radical (unpaired) electrons. The first kappa shape index (κ1) is 11.6. The second-order valence-corrected chi connectivity index (χ2v) is 3.51. The summed E-state index contributed by atoms with van der Waals surface area (Å²) in [6, 6.07) is 6.86. The number of phenols is 1. The summed E-state index contributed by atoms with van der Waals surface area (Å²) in [5.74, 6) is 5.76. The Morgan fingerprint density at radius 1 is 1.20 bits per heavy atom. The van der Waals surface area contributed by atoms with Crippen LogP contribution in [0.3, 0.4) is 0 Å². The van der Waals surface area contributed by atoms with Crippen LogP contribution < -0.4 is 0 Å². The van der Waals surface area contributed by atoms with Crippen molar-refractivity contribution in [2.75, 3.05) is 0 Å². The van der Waals surface area contributed by atoms with Gasteiger partial charge >= 0.3 is 0 Å². The van der Waals surface area contributed by atoms with Gasteiger partial charge in [-0.15, -0.1) is 0 Å². The molecule has 0 spiro atoms. The summed E-state index contributed by atoms with van der Waals surface area (Å²) in [4.78, 5) is 0. The van der Waals surface area contributed by atoms with Crippen LogP contribution in [0.2, 0.25) is 0 Å². The molecule has 0 amide bonds. The number of aliphatic hydroxyl groups is 1. The second kappa shape index (κ2) is 4.86. The Balaban J connectivity index is 2.95. The zero-order chi connectivity index (χ0) is 11.3. The van der Waals surface area contributed by atoms with E-state index in [1.807, 2.05) is 13.8 Å². The van der Waals surface area contributed by atoms with Crippen LogP contribution in [0, 0.1) is 11.8 Å². The molecule has 0 saturated heterocycles. The van der Waals surface area contributed by atoms with Crippen LogP contribution in [-0.4, -0.2) is 15.8 Å². The van der Waals surface area contributed by atoms with E-state index in [0.29, 0.717) is 18.4 Å². The molecule has 0 aliphatic rings. The Morgan fingerprint density at radius 2 is 1.80 bits per heavy atom. The minimum atomic E-state index is -0.942. The molecule has 1 aromatic carbocycles. The molecule has 0 fully saturated rings. The highest BCUT2D eigenvalue weighted by molar-refractivity contribution is 5.45. The summed E-state index contributed by atoms with van der Waals surface area (Å²) in [6.45, 7) is 3.78. The van der Waals surface area contributed by atoms with Gasteiger partial charge in [-0.25, -0.2) is 0 Å². The fourth-order valence-electron chi connectivity index (χ4n) is 1.19. The third kappa shape index (κ3) is 3.00. The van der Waals surface area contributed by atoms with Gasteiger partial charge in [-0.1, -0.05) is 37.8 Å². The maximum Gasteiger partial charge on any atom is 0.131 e. The predicted octanol–water partition coefficient (Wildman–Crippen LogP) is 2.29. The Morgan fingerprint density at radius 3 is 2.33 bits per heavy atom. The monoisotopic (exact) mass is 204 g/mol. The van der Waals surface area contributed by atoms with Crippen molar-refractivity contribution in [3.63, 3.8) is 0 Å². The summed E-state index contributed by atoms with van der Waals surface area (Å²) < 4.78 is 0. The van der Waals surface area contributed by atoms with Gasteiger partial charge in [0.1, 0.15) is 11.4 Å². The van der Waals surface area contributed by atoms with Gasteiger partial charge in [-0.2, -0.15) is 0 Å². The minimum Gasteiger partial charge on any atom is -0.507 e. The van der Waals surface area contributed by atoms with Crippen molar-refractivity contribution in [1.82, 2.24) is 0 Å². The molecule has 0 heterocycles. The molecule has 0 bridgehead atoms. The van der Waals surface area contributed by atoms with Crippen molar-refractivity contribution in [1.29, 1.82) is 0 Å². The van der Waals surface area contributed by atoms with Gasteiger partial charge in [-0.05, 0) is 25.0 Å². The molecule has 1 aromatic rings. The van der Waals surface area contributed by atoms with Crippen molar-refractivity contribution in [3.8, 4) is 17.6 Å². The Hall–Kier alpha value is -1.46. The van der Waals surface area contributed by atoms with E-state index in [0.717, 1.165) is 0 Å². The quantitative estimate of drug-likeness (QED) is 0.726. The molecule has 0 unspecified atom stereocenters. The highest BCUT2D eigenvalue weighted by Crippen LogP contribution is 2.16. The lowest BCUT2D eigenvalue weighted by Gasteiger charge is -2.17. The molecule has 0 aliphatic heterocycles. The SMILES string of the molecule is CCC(O)(C#Cc1ccccc1O)CC. The van der Waals surface area contributed by atoms with Crippen molar-refractivity contribution >= 4 is 0 Å². The molecular formula is C13H16O2.